The number of hydrogen-bond donors (Lipinski definition) is 1. The Labute approximate surface area is 199 Å². The van der Waals surface area contributed by atoms with Crippen molar-refractivity contribution >= 4 is 11.8 Å². The summed E-state index contributed by atoms with van der Waals surface area (Å²) in [6.45, 7) is 12.4. The van der Waals surface area contributed by atoms with Gasteiger partial charge in [-0.1, -0.05) is 26.3 Å². The number of carbonyl (C=O) groups excluding carboxylic acids is 2. The maximum atomic E-state index is 13.5. The number of likely N-dealkylation sites (tertiary alicyclic amines) is 1. The summed E-state index contributed by atoms with van der Waals surface area (Å²) in [5.74, 6) is 0.543. The van der Waals surface area contributed by atoms with E-state index in [0.29, 0.717) is 25.0 Å². The van der Waals surface area contributed by atoms with Gasteiger partial charge in [0.25, 0.3) is 0 Å². The first-order valence-corrected chi connectivity index (χ1v) is 13.5. The Morgan fingerprint density at radius 2 is 1.79 bits per heavy atom. The molecule has 4 aliphatic carbocycles. The highest BCUT2D eigenvalue weighted by Gasteiger charge is 2.71. The molecule has 5 rings (SSSR count). The predicted molar refractivity (Wildman–Crippen MR) is 128 cm³/mol. The molecule has 5 nitrogen and oxygen atoms in total. The van der Waals surface area contributed by atoms with Gasteiger partial charge in [-0.05, 0) is 101 Å². The fourth-order valence-corrected chi connectivity index (χ4v) is 9.16. The number of aliphatic hydroxyl groups is 1. The van der Waals surface area contributed by atoms with E-state index in [1.54, 1.807) is 0 Å². The Morgan fingerprint density at radius 1 is 1.06 bits per heavy atom. The predicted octanol–water partition coefficient (Wildman–Crippen LogP) is 4.67. The third-order valence-electron chi connectivity index (χ3n) is 10.8. The molecule has 5 fully saturated rings. The molecule has 1 heterocycles. The number of ketones is 1. The summed E-state index contributed by atoms with van der Waals surface area (Å²) in [4.78, 5) is 29.4. The smallest absolute Gasteiger partial charge is 0.312 e. The average Bonchev–Trinajstić information content (AvgIpc) is 2.93. The normalized spacial score (nSPS) is 45.4. The van der Waals surface area contributed by atoms with Crippen molar-refractivity contribution in [1.29, 1.82) is 0 Å². The number of fused-ring (bicyclic) bond motifs is 3. The van der Waals surface area contributed by atoms with Gasteiger partial charge in [0, 0.05) is 17.5 Å². The first-order valence-electron chi connectivity index (χ1n) is 13.5. The zero-order chi connectivity index (χ0) is 23.5. The molecule has 1 spiro atoms. The van der Waals surface area contributed by atoms with Crippen molar-refractivity contribution in [1.82, 2.24) is 4.90 Å². The summed E-state index contributed by atoms with van der Waals surface area (Å²) < 4.78 is 5.93. The van der Waals surface area contributed by atoms with E-state index in [2.05, 4.69) is 25.3 Å². The second-order valence-corrected chi connectivity index (χ2v) is 12.5. The third kappa shape index (κ3) is 3.47. The SMILES string of the molecule is C=C1C(=O)[C@@]23CCC4[C@](C)(C(=O)OCCCN5CCCCC5)CCC[C@@]4(C)[C@@H]2CC[C@@]1(O)C3. The van der Waals surface area contributed by atoms with E-state index in [0.717, 1.165) is 51.5 Å². The Bertz CT molecular complexity index is 834. The van der Waals surface area contributed by atoms with Gasteiger partial charge in [-0.2, -0.15) is 0 Å². The lowest BCUT2D eigenvalue weighted by atomic mass is 9.40. The monoisotopic (exact) mass is 457 g/mol. The summed E-state index contributed by atoms with van der Waals surface area (Å²) in [5, 5.41) is 11.1. The highest BCUT2D eigenvalue weighted by Crippen LogP contribution is 2.71. The van der Waals surface area contributed by atoms with E-state index >= 15 is 0 Å². The van der Waals surface area contributed by atoms with Gasteiger partial charge >= 0.3 is 5.97 Å². The molecule has 0 aromatic heterocycles. The highest BCUT2D eigenvalue weighted by atomic mass is 16.5. The van der Waals surface area contributed by atoms with E-state index in [9.17, 15) is 14.7 Å². The molecule has 0 radical (unpaired) electrons. The lowest BCUT2D eigenvalue weighted by molar-refractivity contribution is -0.191. The number of ether oxygens (including phenoxy) is 1. The molecular weight excluding hydrogens is 414 g/mol. The molecule has 0 amide bonds. The Hall–Kier alpha value is -1.20. The molecule has 33 heavy (non-hydrogen) atoms. The van der Waals surface area contributed by atoms with Crippen LogP contribution in [0.25, 0.3) is 0 Å². The van der Waals surface area contributed by atoms with Crippen LogP contribution in [0.1, 0.15) is 90.9 Å². The first-order chi connectivity index (χ1) is 15.7. The van der Waals surface area contributed by atoms with Crippen LogP contribution in [0.15, 0.2) is 12.2 Å². The van der Waals surface area contributed by atoms with Gasteiger partial charge in [-0.25, -0.2) is 0 Å². The minimum Gasteiger partial charge on any atom is -0.465 e. The summed E-state index contributed by atoms with van der Waals surface area (Å²) in [6.07, 6.45) is 11.4. The van der Waals surface area contributed by atoms with Crippen molar-refractivity contribution in [2.75, 3.05) is 26.2 Å². The van der Waals surface area contributed by atoms with Crippen LogP contribution in [0.4, 0.5) is 0 Å². The summed E-state index contributed by atoms with van der Waals surface area (Å²) in [6, 6.07) is 0. The lowest BCUT2D eigenvalue weighted by Crippen LogP contribution is -2.60. The van der Waals surface area contributed by atoms with Gasteiger partial charge in [0.1, 0.15) is 0 Å². The number of rotatable bonds is 5. The molecule has 1 aliphatic heterocycles. The van der Waals surface area contributed by atoms with E-state index in [4.69, 9.17) is 4.74 Å². The Morgan fingerprint density at radius 3 is 2.55 bits per heavy atom. The molecule has 6 atom stereocenters. The number of nitrogens with zero attached hydrogens (tertiary/aromatic N) is 1. The number of esters is 1. The number of carbonyl (C=O) groups is 2. The largest absolute Gasteiger partial charge is 0.465 e. The standard InChI is InChI=1S/C28H43NO4/c1-20-23(30)27-13-9-21-25(2,22(27)10-14-28(20,32)19-27)11-7-12-26(21,3)24(31)33-18-8-17-29-15-5-4-6-16-29/h21-22,32H,1,4-19H2,2-3H3/t21?,22-,25+,26+,27+,28+/m0/s1. The molecule has 1 N–H and O–H groups in total. The topological polar surface area (TPSA) is 66.8 Å². The molecule has 0 aromatic carbocycles. The number of Topliss-reactive ketones (excluding diaryl/α,β-unsaturated/α-hetero) is 1. The van der Waals surface area contributed by atoms with Crippen molar-refractivity contribution in [2.24, 2.45) is 28.1 Å². The van der Waals surface area contributed by atoms with Gasteiger partial charge < -0.3 is 14.7 Å². The second kappa shape index (κ2) is 8.19. The van der Waals surface area contributed by atoms with Crippen molar-refractivity contribution in [3.63, 3.8) is 0 Å². The molecule has 1 saturated heterocycles. The Balaban J connectivity index is 1.29. The van der Waals surface area contributed by atoms with Crippen molar-refractivity contribution in [2.45, 2.75) is 96.5 Å². The Kier molecular flexibility index (Phi) is 5.84. The van der Waals surface area contributed by atoms with E-state index < -0.39 is 16.4 Å². The van der Waals surface area contributed by atoms with Crippen LogP contribution in [-0.2, 0) is 14.3 Å². The highest BCUT2D eigenvalue weighted by molar-refractivity contribution is 6.04. The molecule has 2 bridgehead atoms. The summed E-state index contributed by atoms with van der Waals surface area (Å²) in [5.41, 5.74) is -1.57. The van der Waals surface area contributed by atoms with Crippen LogP contribution in [0, 0.1) is 28.1 Å². The summed E-state index contributed by atoms with van der Waals surface area (Å²) >= 11 is 0. The van der Waals surface area contributed by atoms with Crippen LogP contribution in [0.5, 0.6) is 0 Å². The molecule has 4 saturated carbocycles. The quantitative estimate of drug-likeness (QED) is 0.369. The second-order valence-electron chi connectivity index (χ2n) is 12.5. The molecular formula is C28H43NO4. The first kappa shape index (κ1) is 23.5. The molecule has 184 valence electrons. The molecule has 5 heteroatoms. The van der Waals surface area contributed by atoms with Crippen LogP contribution in [-0.4, -0.2) is 53.6 Å². The van der Waals surface area contributed by atoms with Gasteiger partial charge in [-0.3, -0.25) is 9.59 Å². The van der Waals surface area contributed by atoms with Crippen molar-refractivity contribution < 1.29 is 19.4 Å². The van der Waals surface area contributed by atoms with Crippen molar-refractivity contribution in [3.05, 3.63) is 12.2 Å². The van der Waals surface area contributed by atoms with E-state index in [1.165, 1.54) is 32.4 Å². The van der Waals surface area contributed by atoms with Gasteiger partial charge in [-0.15, -0.1) is 0 Å². The fourth-order valence-electron chi connectivity index (χ4n) is 9.16. The van der Waals surface area contributed by atoms with Crippen LogP contribution < -0.4 is 0 Å². The molecule has 0 aromatic rings. The maximum absolute atomic E-state index is 13.5. The zero-order valence-electron chi connectivity index (χ0n) is 20.8. The fraction of sp³-hybridized carbons (Fsp3) is 0.857. The van der Waals surface area contributed by atoms with Crippen molar-refractivity contribution in [3.8, 4) is 0 Å². The average molecular weight is 458 g/mol. The number of hydrogen-bond acceptors (Lipinski definition) is 5. The zero-order valence-corrected chi connectivity index (χ0v) is 20.8. The molecule has 5 aliphatic rings. The van der Waals surface area contributed by atoms with Gasteiger partial charge in [0.15, 0.2) is 5.78 Å². The lowest BCUT2D eigenvalue weighted by Gasteiger charge is -2.63. The summed E-state index contributed by atoms with van der Waals surface area (Å²) in [7, 11) is 0. The minimum absolute atomic E-state index is 0.0255. The van der Waals surface area contributed by atoms with E-state index in [-0.39, 0.29) is 29.0 Å². The molecule has 1 unspecified atom stereocenters. The van der Waals surface area contributed by atoms with Gasteiger partial charge in [0.05, 0.1) is 17.6 Å². The minimum atomic E-state index is -0.998. The maximum Gasteiger partial charge on any atom is 0.312 e. The van der Waals surface area contributed by atoms with E-state index in [1.807, 2.05) is 0 Å². The number of piperidine rings is 1. The van der Waals surface area contributed by atoms with Crippen LogP contribution >= 0.6 is 0 Å². The van der Waals surface area contributed by atoms with Crippen LogP contribution in [0.2, 0.25) is 0 Å². The van der Waals surface area contributed by atoms with Crippen LogP contribution in [0.3, 0.4) is 0 Å². The van der Waals surface area contributed by atoms with Gasteiger partial charge in [0.2, 0.25) is 0 Å². The third-order valence-corrected chi connectivity index (χ3v) is 10.8.